The van der Waals surface area contributed by atoms with E-state index in [-0.39, 0.29) is 5.60 Å². The van der Waals surface area contributed by atoms with Gasteiger partial charge in [-0.25, -0.2) is 0 Å². The maximum absolute atomic E-state index is 5.47. The number of ether oxygens (including phenoxy) is 1. The van der Waals surface area contributed by atoms with Gasteiger partial charge in [-0.15, -0.1) is 0 Å². The van der Waals surface area contributed by atoms with E-state index >= 15 is 0 Å². The Kier molecular flexibility index (Phi) is 3.88. The second-order valence-corrected chi connectivity index (χ2v) is 5.91. The zero-order valence-electron chi connectivity index (χ0n) is 11.0. The van der Waals surface area contributed by atoms with Crippen LogP contribution in [0.5, 0.6) is 0 Å². The van der Waals surface area contributed by atoms with Crippen molar-refractivity contribution in [3.8, 4) is 0 Å². The average molecular weight is 226 g/mol. The summed E-state index contributed by atoms with van der Waals surface area (Å²) in [4.78, 5) is 2.60. The van der Waals surface area contributed by atoms with Crippen LogP contribution in [-0.4, -0.2) is 49.8 Å². The van der Waals surface area contributed by atoms with Crippen LogP contribution in [0.3, 0.4) is 0 Å². The number of nitrogens with zero attached hydrogens (tertiary/aromatic N) is 1. The summed E-state index contributed by atoms with van der Waals surface area (Å²) in [5.41, 5.74) is 0.0277. The van der Waals surface area contributed by atoms with Crippen LogP contribution in [-0.2, 0) is 4.74 Å². The van der Waals surface area contributed by atoms with Gasteiger partial charge in [-0.2, -0.15) is 0 Å². The molecule has 0 aromatic heterocycles. The number of nitrogens with one attached hydrogen (secondary N) is 1. The first kappa shape index (κ1) is 12.3. The van der Waals surface area contributed by atoms with E-state index in [9.17, 15) is 0 Å². The van der Waals surface area contributed by atoms with Gasteiger partial charge in [0, 0.05) is 39.3 Å². The van der Waals surface area contributed by atoms with E-state index in [1.165, 1.54) is 32.5 Å². The molecule has 0 radical (unpaired) electrons. The fraction of sp³-hybridized carbons (Fsp3) is 1.00. The highest BCUT2D eigenvalue weighted by atomic mass is 16.5. The second-order valence-electron chi connectivity index (χ2n) is 5.91. The van der Waals surface area contributed by atoms with E-state index in [1.807, 2.05) is 7.11 Å². The summed E-state index contributed by atoms with van der Waals surface area (Å²) in [5.74, 6) is 0.971. The molecule has 0 spiro atoms. The van der Waals surface area contributed by atoms with Gasteiger partial charge in [-0.3, -0.25) is 0 Å². The Bertz CT molecular complexity index is 226. The summed E-state index contributed by atoms with van der Waals surface area (Å²) in [6.07, 6.45) is 4.00. The molecule has 16 heavy (non-hydrogen) atoms. The summed E-state index contributed by atoms with van der Waals surface area (Å²) in [6.45, 7) is 9.12. The predicted molar refractivity (Wildman–Crippen MR) is 66.7 cm³/mol. The zero-order valence-corrected chi connectivity index (χ0v) is 11.0. The highest BCUT2D eigenvalue weighted by Gasteiger charge is 2.34. The molecule has 1 heterocycles. The number of rotatable bonds is 5. The average Bonchev–Trinajstić information content (AvgIpc) is 3.11. The molecule has 1 N–H and O–H groups in total. The van der Waals surface area contributed by atoms with Gasteiger partial charge in [-0.1, -0.05) is 0 Å². The summed E-state index contributed by atoms with van der Waals surface area (Å²) in [7, 11) is 1.81. The molecule has 1 saturated carbocycles. The van der Waals surface area contributed by atoms with Crippen molar-refractivity contribution in [3.63, 3.8) is 0 Å². The lowest BCUT2D eigenvalue weighted by molar-refractivity contribution is 0.00506. The normalized spacial score (nSPS) is 28.3. The van der Waals surface area contributed by atoms with Crippen molar-refractivity contribution < 1.29 is 4.74 Å². The zero-order chi connectivity index (χ0) is 11.6. The van der Waals surface area contributed by atoms with Crippen molar-refractivity contribution in [3.05, 3.63) is 0 Å². The van der Waals surface area contributed by atoms with Crippen molar-refractivity contribution >= 4 is 0 Å². The Labute approximate surface area is 99.5 Å². The van der Waals surface area contributed by atoms with Crippen molar-refractivity contribution in [2.24, 2.45) is 5.92 Å². The molecule has 3 nitrogen and oxygen atoms in total. The number of methoxy groups -OCH3 is 1. The van der Waals surface area contributed by atoms with Crippen molar-refractivity contribution in [1.29, 1.82) is 0 Å². The summed E-state index contributed by atoms with van der Waals surface area (Å²) in [6, 6.07) is 0.763. The third-order valence-electron chi connectivity index (χ3n) is 4.06. The van der Waals surface area contributed by atoms with Gasteiger partial charge >= 0.3 is 0 Å². The topological polar surface area (TPSA) is 24.5 Å². The van der Waals surface area contributed by atoms with Crippen LogP contribution >= 0.6 is 0 Å². The lowest BCUT2D eigenvalue weighted by atomic mass is 10.0. The monoisotopic (exact) mass is 226 g/mol. The molecule has 1 unspecified atom stereocenters. The highest BCUT2D eigenvalue weighted by Crippen LogP contribution is 2.33. The Morgan fingerprint density at radius 3 is 2.75 bits per heavy atom. The number of hydrogen-bond donors (Lipinski definition) is 1. The minimum Gasteiger partial charge on any atom is -0.379 e. The van der Waals surface area contributed by atoms with Crippen molar-refractivity contribution in [2.45, 2.75) is 44.8 Å². The first-order chi connectivity index (χ1) is 7.61. The first-order valence-electron chi connectivity index (χ1n) is 6.61. The first-order valence-corrected chi connectivity index (χ1v) is 6.61. The SMILES string of the molecule is COC(C)(C)CCN1CCNC(C2CC2)C1. The van der Waals surface area contributed by atoms with Crippen LogP contribution in [0.15, 0.2) is 0 Å². The molecule has 0 aromatic rings. The maximum atomic E-state index is 5.47. The Balaban J connectivity index is 1.72. The molecule has 1 aliphatic heterocycles. The van der Waals surface area contributed by atoms with Gasteiger partial charge in [0.25, 0.3) is 0 Å². The molecule has 1 saturated heterocycles. The fourth-order valence-corrected chi connectivity index (χ4v) is 2.39. The van der Waals surface area contributed by atoms with Gasteiger partial charge in [-0.05, 0) is 39.0 Å². The van der Waals surface area contributed by atoms with Crippen LogP contribution < -0.4 is 5.32 Å². The van der Waals surface area contributed by atoms with Crippen LogP contribution in [0.2, 0.25) is 0 Å². The molecule has 3 heteroatoms. The van der Waals surface area contributed by atoms with Gasteiger partial charge in [0.05, 0.1) is 5.60 Å². The van der Waals surface area contributed by atoms with Crippen LogP contribution in [0.4, 0.5) is 0 Å². The molecule has 0 aromatic carbocycles. The summed E-state index contributed by atoms with van der Waals surface area (Å²) in [5, 5.41) is 3.65. The quantitative estimate of drug-likeness (QED) is 0.768. The van der Waals surface area contributed by atoms with E-state index in [1.54, 1.807) is 0 Å². The van der Waals surface area contributed by atoms with Gasteiger partial charge < -0.3 is 15.0 Å². The van der Waals surface area contributed by atoms with E-state index in [0.717, 1.165) is 24.9 Å². The third kappa shape index (κ3) is 3.44. The van der Waals surface area contributed by atoms with Crippen molar-refractivity contribution in [1.82, 2.24) is 10.2 Å². The Morgan fingerprint density at radius 2 is 2.12 bits per heavy atom. The highest BCUT2D eigenvalue weighted by molar-refractivity contribution is 4.91. The molecular weight excluding hydrogens is 200 g/mol. The van der Waals surface area contributed by atoms with Gasteiger partial charge in [0.15, 0.2) is 0 Å². The standard InChI is InChI=1S/C13H26N2O/c1-13(2,16-3)6-8-15-9-7-14-12(10-15)11-4-5-11/h11-12,14H,4-10H2,1-3H3. The molecule has 2 aliphatic rings. The molecule has 1 atom stereocenters. The second kappa shape index (κ2) is 5.03. The maximum Gasteiger partial charge on any atom is 0.0634 e. The van der Waals surface area contributed by atoms with E-state index in [0.29, 0.717) is 0 Å². The van der Waals surface area contributed by atoms with Crippen molar-refractivity contribution in [2.75, 3.05) is 33.3 Å². The lowest BCUT2D eigenvalue weighted by Crippen LogP contribution is -2.52. The van der Waals surface area contributed by atoms with E-state index in [4.69, 9.17) is 4.74 Å². The molecule has 0 bridgehead atoms. The molecular formula is C13H26N2O. The Hall–Kier alpha value is -0.120. The fourth-order valence-electron chi connectivity index (χ4n) is 2.39. The van der Waals surface area contributed by atoms with Crippen LogP contribution in [0, 0.1) is 5.92 Å². The summed E-state index contributed by atoms with van der Waals surface area (Å²) < 4.78 is 5.47. The molecule has 2 fully saturated rings. The molecule has 0 amide bonds. The predicted octanol–water partition coefficient (Wildman–Crippen LogP) is 1.49. The van der Waals surface area contributed by atoms with E-state index in [2.05, 4.69) is 24.1 Å². The van der Waals surface area contributed by atoms with Crippen LogP contribution in [0.1, 0.15) is 33.1 Å². The smallest absolute Gasteiger partial charge is 0.0634 e. The third-order valence-corrected chi connectivity index (χ3v) is 4.06. The number of hydrogen-bond acceptors (Lipinski definition) is 3. The largest absolute Gasteiger partial charge is 0.379 e. The lowest BCUT2D eigenvalue weighted by Gasteiger charge is -2.35. The Morgan fingerprint density at radius 1 is 1.38 bits per heavy atom. The minimum atomic E-state index is 0.0277. The van der Waals surface area contributed by atoms with E-state index < -0.39 is 0 Å². The summed E-state index contributed by atoms with van der Waals surface area (Å²) >= 11 is 0. The molecule has 2 rings (SSSR count). The molecule has 94 valence electrons. The minimum absolute atomic E-state index is 0.0277. The molecule has 1 aliphatic carbocycles. The van der Waals surface area contributed by atoms with Gasteiger partial charge in [0.1, 0.15) is 0 Å². The van der Waals surface area contributed by atoms with Gasteiger partial charge in [0.2, 0.25) is 0 Å². The number of piperazine rings is 1. The van der Waals surface area contributed by atoms with Crippen LogP contribution in [0.25, 0.3) is 0 Å².